The standard InChI is InChI=1S/C13H22N2/c1-13(2)6-3-4-11(8-13)9-15-7-5-12(14)10-15/h3-4,8,12H,5-7,9-10,14H2,1-2H3. The molecule has 0 aromatic heterocycles. The zero-order chi connectivity index (χ0) is 10.9. The van der Waals surface area contributed by atoms with E-state index in [9.17, 15) is 0 Å². The molecule has 2 heteroatoms. The van der Waals surface area contributed by atoms with Gasteiger partial charge in [-0.05, 0) is 23.8 Å². The summed E-state index contributed by atoms with van der Waals surface area (Å²) in [5.41, 5.74) is 7.70. The lowest BCUT2D eigenvalue weighted by Gasteiger charge is -2.25. The fourth-order valence-corrected chi connectivity index (χ4v) is 2.49. The van der Waals surface area contributed by atoms with Crippen LogP contribution in [0.5, 0.6) is 0 Å². The van der Waals surface area contributed by atoms with Gasteiger partial charge in [-0.15, -0.1) is 0 Å². The van der Waals surface area contributed by atoms with Crippen LogP contribution in [0.2, 0.25) is 0 Å². The predicted octanol–water partition coefficient (Wildman–Crippen LogP) is 1.93. The molecule has 0 aromatic rings. The molecule has 1 aliphatic carbocycles. The highest BCUT2D eigenvalue weighted by Crippen LogP contribution is 2.29. The van der Waals surface area contributed by atoms with Gasteiger partial charge in [0.25, 0.3) is 0 Å². The Balaban J connectivity index is 1.94. The highest BCUT2D eigenvalue weighted by atomic mass is 15.2. The molecule has 15 heavy (non-hydrogen) atoms. The van der Waals surface area contributed by atoms with E-state index in [-0.39, 0.29) is 0 Å². The summed E-state index contributed by atoms with van der Waals surface area (Å²) < 4.78 is 0. The van der Waals surface area contributed by atoms with Gasteiger partial charge < -0.3 is 5.73 Å². The van der Waals surface area contributed by atoms with Crippen molar-refractivity contribution in [3.8, 4) is 0 Å². The molecule has 2 aliphatic rings. The van der Waals surface area contributed by atoms with Crippen molar-refractivity contribution in [2.45, 2.75) is 32.7 Å². The van der Waals surface area contributed by atoms with Gasteiger partial charge in [-0.2, -0.15) is 0 Å². The largest absolute Gasteiger partial charge is 0.326 e. The van der Waals surface area contributed by atoms with Crippen molar-refractivity contribution in [1.82, 2.24) is 4.90 Å². The highest BCUT2D eigenvalue weighted by Gasteiger charge is 2.22. The van der Waals surface area contributed by atoms with Crippen molar-refractivity contribution in [2.75, 3.05) is 19.6 Å². The summed E-state index contributed by atoms with van der Waals surface area (Å²) >= 11 is 0. The summed E-state index contributed by atoms with van der Waals surface area (Å²) in [6, 6.07) is 0.395. The Hall–Kier alpha value is -0.600. The normalized spacial score (nSPS) is 30.6. The van der Waals surface area contributed by atoms with Gasteiger partial charge in [-0.1, -0.05) is 32.1 Å². The minimum Gasteiger partial charge on any atom is -0.326 e. The second-order valence-electron chi connectivity index (χ2n) is 5.60. The fraction of sp³-hybridized carbons (Fsp3) is 0.692. The summed E-state index contributed by atoms with van der Waals surface area (Å²) in [7, 11) is 0. The lowest BCUT2D eigenvalue weighted by molar-refractivity contribution is 0.361. The van der Waals surface area contributed by atoms with Crippen LogP contribution in [0.3, 0.4) is 0 Å². The molecule has 1 saturated heterocycles. The molecule has 2 nitrogen and oxygen atoms in total. The number of likely N-dealkylation sites (tertiary alicyclic amines) is 1. The number of rotatable bonds is 2. The Morgan fingerprint density at radius 1 is 1.53 bits per heavy atom. The van der Waals surface area contributed by atoms with Crippen LogP contribution in [0.4, 0.5) is 0 Å². The molecule has 1 heterocycles. The molecule has 1 fully saturated rings. The average Bonchev–Trinajstić information content (AvgIpc) is 2.49. The van der Waals surface area contributed by atoms with Gasteiger partial charge in [0.15, 0.2) is 0 Å². The van der Waals surface area contributed by atoms with E-state index in [0.717, 1.165) is 32.5 Å². The molecule has 2 rings (SSSR count). The van der Waals surface area contributed by atoms with E-state index in [1.807, 2.05) is 0 Å². The lowest BCUT2D eigenvalue weighted by atomic mass is 9.83. The third-order valence-corrected chi connectivity index (χ3v) is 3.27. The van der Waals surface area contributed by atoms with Crippen LogP contribution in [0.25, 0.3) is 0 Å². The molecule has 0 amide bonds. The van der Waals surface area contributed by atoms with Crippen LogP contribution in [-0.2, 0) is 0 Å². The van der Waals surface area contributed by atoms with Gasteiger partial charge in [0, 0.05) is 25.7 Å². The summed E-state index contributed by atoms with van der Waals surface area (Å²) in [5, 5.41) is 0. The van der Waals surface area contributed by atoms with Gasteiger partial charge in [0.05, 0.1) is 0 Å². The van der Waals surface area contributed by atoms with E-state index < -0.39 is 0 Å². The molecule has 0 bridgehead atoms. The molecular weight excluding hydrogens is 184 g/mol. The molecule has 1 unspecified atom stereocenters. The van der Waals surface area contributed by atoms with E-state index in [1.54, 1.807) is 0 Å². The van der Waals surface area contributed by atoms with Crippen LogP contribution in [0.1, 0.15) is 26.7 Å². The minimum absolute atomic E-state index is 0.339. The number of hydrogen-bond donors (Lipinski definition) is 1. The Bertz CT molecular complexity index is 289. The van der Waals surface area contributed by atoms with Gasteiger partial charge in [0.1, 0.15) is 0 Å². The van der Waals surface area contributed by atoms with Gasteiger partial charge in [-0.3, -0.25) is 4.90 Å². The molecule has 84 valence electrons. The van der Waals surface area contributed by atoms with Crippen molar-refractivity contribution >= 4 is 0 Å². The fourth-order valence-electron chi connectivity index (χ4n) is 2.49. The van der Waals surface area contributed by atoms with E-state index >= 15 is 0 Å². The minimum atomic E-state index is 0.339. The Kier molecular flexibility index (Phi) is 2.98. The second kappa shape index (κ2) is 4.11. The molecule has 1 aliphatic heterocycles. The first-order valence-corrected chi connectivity index (χ1v) is 5.91. The number of hydrogen-bond acceptors (Lipinski definition) is 2. The number of nitrogens with zero attached hydrogens (tertiary/aromatic N) is 1. The smallest absolute Gasteiger partial charge is 0.0231 e. The van der Waals surface area contributed by atoms with Crippen molar-refractivity contribution in [3.05, 3.63) is 23.8 Å². The molecule has 1 atom stereocenters. The van der Waals surface area contributed by atoms with Gasteiger partial charge in [0.2, 0.25) is 0 Å². The van der Waals surface area contributed by atoms with Crippen molar-refractivity contribution in [3.63, 3.8) is 0 Å². The zero-order valence-electron chi connectivity index (χ0n) is 9.87. The molecule has 0 saturated carbocycles. The molecule has 2 N–H and O–H groups in total. The first-order valence-electron chi connectivity index (χ1n) is 5.91. The first kappa shape index (κ1) is 10.9. The van der Waals surface area contributed by atoms with Crippen molar-refractivity contribution in [1.29, 1.82) is 0 Å². The van der Waals surface area contributed by atoms with Crippen LogP contribution in [-0.4, -0.2) is 30.6 Å². The highest BCUT2D eigenvalue weighted by molar-refractivity contribution is 5.27. The topological polar surface area (TPSA) is 29.3 Å². The summed E-state index contributed by atoms with van der Waals surface area (Å²) in [4.78, 5) is 2.46. The second-order valence-corrected chi connectivity index (χ2v) is 5.60. The molecule has 0 aromatic carbocycles. The maximum absolute atomic E-state index is 5.90. The van der Waals surface area contributed by atoms with E-state index in [2.05, 4.69) is 37.0 Å². The van der Waals surface area contributed by atoms with E-state index in [1.165, 1.54) is 5.57 Å². The predicted molar refractivity (Wildman–Crippen MR) is 64.7 cm³/mol. The maximum atomic E-state index is 5.90. The SMILES string of the molecule is CC1(C)C=C(CN2CCC(N)C2)C=CC1. The Morgan fingerprint density at radius 2 is 2.33 bits per heavy atom. The van der Waals surface area contributed by atoms with Crippen LogP contribution >= 0.6 is 0 Å². The van der Waals surface area contributed by atoms with E-state index in [4.69, 9.17) is 5.73 Å². The summed E-state index contributed by atoms with van der Waals surface area (Å²) in [6.45, 7) is 7.89. The number of allylic oxidation sites excluding steroid dienone is 2. The third kappa shape index (κ3) is 2.93. The maximum Gasteiger partial charge on any atom is 0.0231 e. The quantitative estimate of drug-likeness (QED) is 0.748. The van der Waals surface area contributed by atoms with Crippen LogP contribution in [0, 0.1) is 5.41 Å². The molecule has 0 radical (unpaired) electrons. The molecular formula is C13H22N2. The summed E-state index contributed by atoms with van der Waals surface area (Å²) in [6.07, 6.45) is 9.30. The molecule has 0 spiro atoms. The van der Waals surface area contributed by atoms with Crippen LogP contribution in [0.15, 0.2) is 23.8 Å². The average molecular weight is 206 g/mol. The summed E-state index contributed by atoms with van der Waals surface area (Å²) in [5.74, 6) is 0. The first-order chi connectivity index (χ1) is 7.05. The van der Waals surface area contributed by atoms with Gasteiger partial charge in [-0.25, -0.2) is 0 Å². The van der Waals surface area contributed by atoms with Crippen LogP contribution < -0.4 is 5.73 Å². The Morgan fingerprint density at radius 3 is 2.93 bits per heavy atom. The lowest BCUT2D eigenvalue weighted by Crippen LogP contribution is -2.28. The Labute approximate surface area is 92.8 Å². The van der Waals surface area contributed by atoms with E-state index in [0.29, 0.717) is 11.5 Å². The van der Waals surface area contributed by atoms with Gasteiger partial charge >= 0.3 is 0 Å². The zero-order valence-corrected chi connectivity index (χ0v) is 9.87. The number of nitrogens with two attached hydrogens (primary N) is 1. The van der Waals surface area contributed by atoms with Crippen molar-refractivity contribution < 1.29 is 0 Å². The van der Waals surface area contributed by atoms with Crippen molar-refractivity contribution in [2.24, 2.45) is 11.1 Å². The monoisotopic (exact) mass is 206 g/mol. The third-order valence-electron chi connectivity index (χ3n) is 3.27.